The summed E-state index contributed by atoms with van der Waals surface area (Å²) in [4.78, 5) is 26.5. The second-order valence-corrected chi connectivity index (χ2v) is 8.55. The van der Waals surface area contributed by atoms with E-state index in [1.165, 1.54) is 6.92 Å². The molecule has 0 N–H and O–H groups in total. The highest BCUT2D eigenvalue weighted by Crippen LogP contribution is 2.28. The van der Waals surface area contributed by atoms with E-state index in [9.17, 15) is 9.59 Å². The predicted molar refractivity (Wildman–Crippen MR) is 130 cm³/mol. The molecule has 0 radical (unpaired) electrons. The number of nitrogens with zero attached hydrogens (tertiary/aromatic N) is 2. The standard InChI is InChI=1S/C27H34N2O5/c1-19(2)29(20(3)4)27(31)25-14-13-24(17-26(25)34-21(5)30)33-16-8-6-7-15-32-23-11-9-22(18-28)10-12-23/h9-14,17,19-20H,6-8,15-16H2,1-5H3. The number of benzene rings is 2. The SMILES string of the molecule is CC(=O)Oc1cc(OCCCCCOc2ccc(C#N)cc2)ccc1C(=O)N(C(C)C)C(C)C. The number of rotatable bonds is 12. The molecule has 0 aliphatic carbocycles. The lowest BCUT2D eigenvalue weighted by molar-refractivity contribution is -0.131. The van der Waals surface area contributed by atoms with E-state index in [4.69, 9.17) is 19.5 Å². The Kier molecular flexibility index (Phi) is 10.4. The molecule has 2 aromatic rings. The molecule has 1 amide bonds. The van der Waals surface area contributed by atoms with Gasteiger partial charge in [-0.05, 0) is 83.4 Å². The molecular weight excluding hydrogens is 432 g/mol. The molecule has 0 fully saturated rings. The second kappa shape index (κ2) is 13.2. The maximum Gasteiger partial charge on any atom is 0.308 e. The van der Waals surface area contributed by atoms with Crippen molar-refractivity contribution in [2.75, 3.05) is 13.2 Å². The maximum absolute atomic E-state index is 13.1. The van der Waals surface area contributed by atoms with E-state index in [0.29, 0.717) is 30.1 Å². The Morgan fingerprint density at radius 1 is 0.882 bits per heavy atom. The Bertz CT molecular complexity index is 985. The van der Waals surface area contributed by atoms with Gasteiger partial charge in [-0.3, -0.25) is 9.59 Å². The van der Waals surface area contributed by atoms with Crippen molar-refractivity contribution in [3.63, 3.8) is 0 Å². The first-order valence-corrected chi connectivity index (χ1v) is 11.6. The van der Waals surface area contributed by atoms with Crippen LogP contribution in [0.15, 0.2) is 42.5 Å². The van der Waals surface area contributed by atoms with Crippen LogP contribution in [0, 0.1) is 11.3 Å². The number of ether oxygens (including phenoxy) is 3. The summed E-state index contributed by atoms with van der Waals surface area (Å²) in [6, 6.07) is 14.1. The molecule has 0 heterocycles. The Labute approximate surface area is 202 Å². The van der Waals surface area contributed by atoms with Crippen LogP contribution in [0.5, 0.6) is 17.2 Å². The Balaban J connectivity index is 1.87. The summed E-state index contributed by atoms with van der Waals surface area (Å²) in [6.45, 7) is 10.2. The Hall–Kier alpha value is -3.53. The fourth-order valence-corrected chi connectivity index (χ4v) is 3.60. The second-order valence-electron chi connectivity index (χ2n) is 8.55. The van der Waals surface area contributed by atoms with Gasteiger partial charge in [-0.25, -0.2) is 0 Å². The third-order valence-corrected chi connectivity index (χ3v) is 5.09. The highest BCUT2D eigenvalue weighted by molar-refractivity contribution is 5.98. The lowest BCUT2D eigenvalue weighted by Crippen LogP contribution is -2.42. The van der Waals surface area contributed by atoms with E-state index in [1.54, 1.807) is 47.4 Å². The highest BCUT2D eigenvalue weighted by Gasteiger charge is 2.25. The van der Waals surface area contributed by atoms with Crippen LogP contribution in [0.4, 0.5) is 0 Å². The van der Waals surface area contributed by atoms with Crippen LogP contribution in [0.1, 0.15) is 69.8 Å². The van der Waals surface area contributed by atoms with Gasteiger partial charge in [0, 0.05) is 25.1 Å². The van der Waals surface area contributed by atoms with Crippen molar-refractivity contribution in [3.05, 3.63) is 53.6 Å². The molecule has 0 aromatic heterocycles. The maximum atomic E-state index is 13.1. The van der Waals surface area contributed by atoms with Gasteiger partial charge in [-0.1, -0.05) is 0 Å². The van der Waals surface area contributed by atoms with Crippen molar-refractivity contribution in [2.45, 2.75) is 66.0 Å². The molecular formula is C27H34N2O5. The number of carbonyl (C=O) groups is 2. The van der Waals surface area contributed by atoms with Crippen molar-refractivity contribution >= 4 is 11.9 Å². The van der Waals surface area contributed by atoms with E-state index in [0.717, 1.165) is 25.0 Å². The normalized spacial score (nSPS) is 10.6. The van der Waals surface area contributed by atoms with Crippen molar-refractivity contribution in [1.29, 1.82) is 5.26 Å². The van der Waals surface area contributed by atoms with Crippen molar-refractivity contribution in [3.8, 4) is 23.3 Å². The fraction of sp³-hybridized carbons (Fsp3) is 0.444. The molecule has 7 nitrogen and oxygen atoms in total. The lowest BCUT2D eigenvalue weighted by atomic mass is 10.1. The third kappa shape index (κ3) is 8.11. The summed E-state index contributed by atoms with van der Waals surface area (Å²) in [7, 11) is 0. The van der Waals surface area contributed by atoms with Gasteiger partial charge in [-0.2, -0.15) is 5.26 Å². The average molecular weight is 467 g/mol. The molecule has 2 aromatic carbocycles. The number of hydrogen-bond donors (Lipinski definition) is 0. The molecule has 0 spiro atoms. The van der Waals surface area contributed by atoms with Gasteiger partial charge >= 0.3 is 5.97 Å². The van der Waals surface area contributed by atoms with Gasteiger partial charge in [-0.15, -0.1) is 0 Å². The van der Waals surface area contributed by atoms with Crippen LogP contribution in [0.25, 0.3) is 0 Å². The average Bonchev–Trinajstić information content (AvgIpc) is 2.78. The Morgan fingerprint density at radius 3 is 1.97 bits per heavy atom. The topological polar surface area (TPSA) is 88.9 Å². The molecule has 0 atom stereocenters. The molecule has 34 heavy (non-hydrogen) atoms. The predicted octanol–water partition coefficient (Wildman–Crippen LogP) is 5.37. The quantitative estimate of drug-likeness (QED) is 0.237. The summed E-state index contributed by atoms with van der Waals surface area (Å²) < 4.78 is 16.8. The first kappa shape index (κ1) is 26.7. The van der Waals surface area contributed by atoms with E-state index in [-0.39, 0.29) is 23.7 Å². The summed E-state index contributed by atoms with van der Waals surface area (Å²) in [5.74, 6) is 0.819. The zero-order valence-electron chi connectivity index (χ0n) is 20.7. The van der Waals surface area contributed by atoms with E-state index in [2.05, 4.69) is 6.07 Å². The molecule has 2 rings (SSSR count). The van der Waals surface area contributed by atoms with Gasteiger partial charge in [0.05, 0.1) is 30.4 Å². The van der Waals surface area contributed by atoms with Gasteiger partial charge < -0.3 is 19.1 Å². The minimum absolute atomic E-state index is 0.00879. The zero-order chi connectivity index (χ0) is 25.1. The van der Waals surface area contributed by atoms with Gasteiger partial charge in [0.2, 0.25) is 0 Å². The number of nitriles is 1. The number of amides is 1. The van der Waals surface area contributed by atoms with E-state index in [1.807, 2.05) is 27.7 Å². The Morgan fingerprint density at radius 2 is 1.44 bits per heavy atom. The van der Waals surface area contributed by atoms with Crippen LogP contribution in [0.2, 0.25) is 0 Å². The summed E-state index contributed by atoms with van der Waals surface area (Å²) in [6.07, 6.45) is 2.62. The van der Waals surface area contributed by atoms with Crippen LogP contribution in [-0.4, -0.2) is 42.1 Å². The fourth-order valence-electron chi connectivity index (χ4n) is 3.60. The van der Waals surface area contributed by atoms with Gasteiger partial charge in [0.1, 0.15) is 17.2 Å². The van der Waals surface area contributed by atoms with Crippen LogP contribution >= 0.6 is 0 Å². The number of esters is 1. The first-order valence-electron chi connectivity index (χ1n) is 11.6. The molecule has 0 aliphatic heterocycles. The number of hydrogen-bond acceptors (Lipinski definition) is 6. The highest BCUT2D eigenvalue weighted by atomic mass is 16.5. The van der Waals surface area contributed by atoms with Crippen LogP contribution in [-0.2, 0) is 4.79 Å². The third-order valence-electron chi connectivity index (χ3n) is 5.09. The minimum Gasteiger partial charge on any atom is -0.494 e. The first-order chi connectivity index (χ1) is 16.2. The van der Waals surface area contributed by atoms with Crippen LogP contribution < -0.4 is 14.2 Å². The van der Waals surface area contributed by atoms with E-state index >= 15 is 0 Å². The van der Waals surface area contributed by atoms with Gasteiger partial charge in [0.25, 0.3) is 5.91 Å². The van der Waals surface area contributed by atoms with Gasteiger partial charge in [0.15, 0.2) is 0 Å². The molecule has 7 heteroatoms. The molecule has 0 bridgehead atoms. The van der Waals surface area contributed by atoms with Crippen molar-refractivity contribution in [2.24, 2.45) is 0 Å². The molecule has 0 saturated carbocycles. The number of carbonyl (C=O) groups excluding carboxylic acids is 2. The summed E-state index contributed by atoms with van der Waals surface area (Å²) in [5, 5.41) is 8.82. The summed E-state index contributed by atoms with van der Waals surface area (Å²) in [5.41, 5.74) is 0.945. The zero-order valence-corrected chi connectivity index (χ0v) is 20.7. The largest absolute Gasteiger partial charge is 0.494 e. The smallest absolute Gasteiger partial charge is 0.308 e. The lowest BCUT2D eigenvalue weighted by Gasteiger charge is -2.31. The van der Waals surface area contributed by atoms with Crippen molar-refractivity contribution < 1.29 is 23.8 Å². The molecule has 0 unspecified atom stereocenters. The molecule has 0 saturated heterocycles. The molecule has 0 aliphatic rings. The monoisotopic (exact) mass is 466 g/mol. The summed E-state index contributed by atoms with van der Waals surface area (Å²) >= 11 is 0. The van der Waals surface area contributed by atoms with Crippen LogP contribution in [0.3, 0.4) is 0 Å². The molecule has 182 valence electrons. The van der Waals surface area contributed by atoms with Crippen molar-refractivity contribution in [1.82, 2.24) is 4.90 Å². The van der Waals surface area contributed by atoms with E-state index < -0.39 is 5.97 Å². The minimum atomic E-state index is -0.492. The number of unbranched alkanes of at least 4 members (excludes halogenated alkanes) is 2.